The van der Waals surface area contributed by atoms with Gasteiger partial charge in [-0.15, -0.1) is 0 Å². The zero-order chi connectivity index (χ0) is 14.6. The Hall–Kier alpha value is -1.69. The highest BCUT2D eigenvalue weighted by Crippen LogP contribution is 2.19. The number of carbonyl (C=O) groups is 2. The van der Waals surface area contributed by atoms with Gasteiger partial charge < -0.3 is 10.4 Å². The molecule has 1 aromatic rings. The highest BCUT2D eigenvalue weighted by atomic mass is 35.5. The third kappa shape index (κ3) is 4.17. The van der Waals surface area contributed by atoms with E-state index in [0.29, 0.717) is 10.6 Å². The summed E-state index contributed by atoms with van der Waals surface area (Å²) in [7, 11) is 0. The molecule has 104 valence electrons. The number of carboxylic acid groups (broad SMARTS) is 1. The Kier molecular flexibility index (Phi) is 5.23. The number of benzene rings is 1. The van der Waals surface area contributed by atoms with E-state index >= 15 is 0 Å². The van der Waals surface area contributed by atoms with Crippen LogP contribution in [0.5, 0.6) is 0 Å². The van der Waals surface area contributed by atoms with Gasteiger partial charge in [-0.1, -0.05) is 17.7 Å². The smallest absolute Gasteiger partial charge is 0.326 e. The van der Waals surface area contributed by atoms with E-state index in [9.17, 15) is 18.4 Å². The maximum atomic E-state index is 12.2. The summed E-state index contributed by atoms with van der Waals surface area (Å²) in [6, 6.07) is 2.90. The van der Waals surface area contributed by atoms with Crippen molar-refractivity contribution in [1.82, 2.24) is 5.32 Å². The number of nitrogens with one attached hydrogen (secondary N) is 1. The van der Waals surface area contributed by atoms with Gasteiger partial charge in [0.25, 0.3) is 5.91 Å². The molecule has 0 aliphatic rings. The summed E-state index contributed by atoms with van der Waals surface area (Å²) in [5, 5.41) is 11.2. The average molecular weight is 292 g/mol. The Balaban J connectivity index is 2.88. The Morgan fingerprint density at radius 1 is 1.42 bits per heavy atom. The molecule has 1 amide bonds. The second kappa shape index (κ2) is 6.47. The van der Waals surface area contributed by atoms with Crippen LogP contribution in [-0.4, -0.2) is 29.5 Å². The maximum absolute atomic E-state index is 12.2. The van der Waals surface area contributed by atoms with Gasteiger partial charge in [0.15, 0.2) is 0 Å². The first-order valence-corrected chi connectivity index (χ1v) is 5.77. The summed E-state index contributed by atoms with van der Waals surface area (Å²) in [6.07, 6.45) is -3.76. The molecule has 0 aliphatic heterocycles. The van der Waals surface area contributed by atoms with Crippen LogP contribution < -0.4 is 5.32 Å². The van der Waals surface area contributed by atoms with Gasteiger partial charge in [-0.2, -0.15) is 0 Å². The zero-order valence-corrected chi connectivity index (χ0v) is 10.7. The Morgan fingerprint density at radius 2 is 2.05 bits per heavy atom. The minimum absolute atomic E-state index is 0.160. The second-order valence-electron chi connectivity index (χ2n) is 3.90. The molecule has 19 heavy (non-hydrogen) atoms. The lowest BCUT2D eigenvalue weighted by molar-refractivity contribution is -0.140. The molecule has 0 heterocycles. The predicted octanol–water partition coefficient (Wildman–Crippen LogP) is 2.49. The summed E-state index contributed by atoms with van der Waals surface area (Å²) in [4.78, 5) is 22.6. The van der Waals surface area contributed by atoms with Crippen molar-refractivity contribution < 1.29 is 23.5 Å². The van der Waals surface area contributed by atoms with Crippen LogP contribution in [0.3, 0.4) is 0 Å². The molecule has 1 rings (SSSR count). The molecule has 2 N–H and O–H groups in total. The fourth-order valence-electron chi connectivity index (χ4n) is 1.49. The number of carbonyl (C=O) groups excluding carboxylic acids is 1. The largest absolute Gasteiger partial charge is 0.480 e. The van der Waals surface area contributed by atoms with Crippen molar-refractivity contribution in [2.24, 2.45) is 0 Å². The van der Waals surface area contributed by atoms with Crippen LogP contribution in [-0.2, 0) is 4.79 Å². The molecule has 1 atom stereocenters. The summed E-state index contributed by atoms with van der Waals surface area (Å²) < 4.78 is 24.4. The van der Waals surface area contributed by atoms with Crippen LogP contribution >= 0.6 is 11.6 Å². The molecule has 0 spiro atoms. The van der Waals surface area contributed by atoms with Crippen molar-refractivity contribution in [2.75, 3.05) is 0 Å². The van der Waals surface area contributed by atoms with E-state index < -0.39 is 30.8 Å². The number of amides is 1. The summed E-state index contributed by atoms with van der Waals surface area (Å²) in [5.41, 5.74) is 0.621. The third-order valence-corrected chi connectivity index (χ3v) is 2.94. The number of hydrogen-bond donors (Lipinski definition) is 2. The Bertz CT molecular complexity index is 494. The normalized spacial score (nSPS) is 12.3. The SMILES string of the molecule is Cc1c(Cl)cccc1C(=O)NC(CC(F)F)C(=O)O. The number of carboxylic acids is 1. The quantitative estimate of drug-likeness (QED) is 0.876. The van der Waals surface area contributed by atoms with Crippen molar-refractivity contribution in [3.8, 4) is 0 Å². The summed E-state index contributed by atoms with van der Waals surface area (Å²) in [6.45, 7) is 1.58. The highest BCUT2D eigenvalue weighted by Gasteiger charge is 2.25. The fourth-order valence-corrected chi connectivity index (χ4v) is 1.66. The molecule has 0 saturated carbocycles. The lowest BCUT2D eigenvalue weighted by Gasteiger charge is -2.15. The molecule has 1 aromatic carbocycles. The average Bonchev–Trinajstić information content (AvgIpc) is 2.31. The number of halogens is 3. The third-order valence-electron chi connectivity index (χ3n) is 2.53. The number of hydrogen-bond acceptors (Lipinski definition) is 2. The van der Waals surface area contributed by atoms with Gasteiger partial charge in [0, 0.05) is 17.0 Å². The molecule has 0 aromatic heterocycles. The van der Waals surface area contributed by atoms with Gasteiger partial charge in [-0.25, -0.2) is 13.6 Å². The topological polar surface area (TPSA) is 66.4 Å². The number of aliphatic carboxylic acids is 1. The van der Waals surface area contributed by atoms with Crippen LogP contribution in [0, 0.1) is 6.92 Å². The lowest BCUT2D eigenvalue weighted by atomic mass is 10.1. The molecular weight excluding hydrogens is 280 g/mol. The maximum Gasteiger partial charge on any atom is 0.326 e. The van der Waals surface area contributed by atoms with Gasteiger partial charge in [0.2, 0.25) is 6.43 Å². The Labute approximate surface area is 113 Å². The summed E-state index contributed by atoms with van der Waals surface area (Å²) in [5.74, 6) is -2.25. The highest BCUT2D eigenvalue weighted by molar-refractivity contribution is 6.31. The first-order chi connectivity index (χ1) is 8.82. The van der Waals surface area contributed by atoms with E-state index in [1.807, 2.05) is 0 Å². The monoisotopic (exact) mass is 291 g/mol. The predicted molar refractivity (Wildman–Crippen MR) is 65.7 cm³/mol. The van der Waals surface area contributed by atoms with Crippen LogP contribution in [0.1, 0.15) is 22.3 Å². The molecule has 0 bridgehead atoms. The molecule has 0 radical (unpaired) electrons. The molecule has 0 fully saturated rings. The Morgan fingerprint density at radius 3 is 2.58 bits per heavy atom. The van der Waals surface area contributed by atoms with Crippen molar-refractivity contribution in [2.45, 2.75) is 25.8 Å². The van der Waals surface area contributed by atoms with Crippen LogP contribution in [0.15, 0.2) is 18.2 Å². The molecule has 1 unspecified atom stereocenters. The van der Waals surface area contributed by atoms with Crippen LogP contribution in [0.25, 0.3) is 0 Å². The van der Waals surface area contributed by atoms with E-state index in [2.05, 4.69) is 5.32 Å². The summed E-state index contributed by atoms with van der Waals surface area (Å²) >= 11 is 5.83. The lowest BCUT2D eigenvalue weighted by Crippen LogP contribution is -2.42. The molecule has 0 saturated heterocycles. The van der Waals surface area contributed by atoms with Gasteiger partial charge in [-0.3, -0.25) is 4.79 Å². The van der Waals surface area contributed by atoms with Crippen molar-refractivity contribution in [1.29, 1.82) is 0 Å². The van der Waals surface area contributed by atoms with E-state index in [-0.39, 0.29) is 5.56 Å². The van der Waals surface area contributed by atoms with Gasteiger partial charge in [0.05, 0.1) is 0 Å². The number of rotatable bonds is 5. The standard InChI is InChI=1S/C12H12ClF2NO3/c1-6-7(3-2-4-8(6)13)11(17)16-9(12(18)19)5-10(14)15/h2-4,9-10H,5H2,1H3,(H,16,17)(H,18,19). The van der Waals surface area contributed by atoms with Crippen LogP contribution in [0.4, 0.5) is 8.78 Å². The minimum Gasteiger partial charge on any atom is -0.480 e. The molecule has 0 aliphatic carbocycles. The van der Waals surface area contributed by atoms with E-state index in [1.165, 1.54) is 12.1 Å². The van der Waals surface area contributed by atoms with E-state index in [0.717, 1.165) is 0 Å². The van der Waals surface area contributed by atoms with Crippen molar-refractivity contribution >= 4 is 23.5 Å². The molecule has 4 nitrogen and oxygen atoms in total. The van der Waals surface area contributed by atoms with E-state index in [4.69, 9.17) is 16.7 Å². The zero-order valence-electron chi connectivity index (χ0n) is 9.99. The second-order valence-corrected chi connectivity index (χ2v) is 4.31. The first-order valence-electron chi connectivity index (χ1n) is 5.40. The number of alkyl halides is 2. The van der Waals surface area contributed by atoms with Crippen molar-refractivity contribution in [3.63, 3.8) is 0 Å². The first kappa shape index (κ1) is 15.4. The van der Waals surface area contributed by atoms with Gasteiger partial charge >= 0.3 is 5.97 Å². The fraction of sp³-hybridized carbons (Fsp3) is 0.333. The van der Waals surface area contributed by atoms with Crippen LogP contribution in [0.2, 0.25) is 5.02 Å². The molecular formula is C12H12ClF2NO3. The van der Waals surface area contributed by atoms with E-state index in [1.54, 1.807) is 13.0 Å². The molecule has 7 heteroatoms. The van der Waals surface area contributed by atoms with Crippen molar-refractivity contribution in [3.05, 3.63) is 34.3 Å². The van der Waals surface area contributed by atoms with Gasteiger partial charge in [0.1, 0.15) is 6.04 Å². The minimum atomic E-state index is -2.82. The van der Waals surface area contributed by atoms with Gasteiger partial charge in [-0.05, 0) is 24.6 Å².